The Morgan fingerprint density at radius 1 is 1.08 bits per heavy atom. The van der Waals surface area contributed by atoms with E-state index in [9.17, 15) is 5.11 Å². The molecular formula is C12H22O. The first kappa shape index (κ1) is 12.5. The maximum absolute atomic E-state index is 9.28. The predicted molar refractivity (Wildman–Crippen MR) is 57.4 cm³/mol. The van der Waals surface area contributed by atoms with E-state index >= 15 is 0 Å². The molecule has 0 rings (SSSR count). The molecule has 0 heterocycles. The monoisotopic (exact) mass is 182 g/mol. The van der Waals surface area contributed by atoms with Crippen molar-refractivity contribution in [3.8, 4) is 11.8 Å². The van der Waals surface area contributed by atoms with Crippen molar-refractivity contribution in [2.24, 2.45) is 0 Å². The average molecular weight is 182 g/mol. The highest BCUT2D eigenvalue weighted by molar-refractivity contribution is 5.04. The molecule has 1 heteroatoms. The van der Waals surface area contributed by atoms with E-state index in [-0.39, 0.29) is 0 Å². The highest BCUT2D eigenvalue weighted by Gasteiger charge is 1.93. The van der Waals surface area contributed by atoms with E-state index in [2.05, 4.69) is 25.7 Å². The average Bonchev–Trinajstić information content (AvgIpc) is 2.11. The summed E-state index contributed by atoms with van der Waals surface area (Å²) in [5.41, 5.74) is 0. The van der Waals surface area contributed by atoms with Crippen molar-refractivity contribution in [3.05, 3.63) is 0 Å². The Bertz CT molecular complexity index is 152. The van der Waals surface area contributed by atoms with E-state index in [0.717, 1.165) is 19.3 Å². The summed E-state index contributed by atoms with van der Waals surface area (Å²) in [6.07, 6.45) is 7.39. The van der Waals surface area contributed by atoms with Crippen LogP contribution in [0.3, 0.4) is 0 Å². The topological polar surface area (TPSA) is 20.2 Å². The molecular weight excluding hydrogens is 160 g/mol. The van der Waals surface area contributed by atoms with Crippen molar-refractivity contribution in [1.29, 1.82) is 0 Å². The van der Waals surface area contributed by atoms with Crippen LogP contribution in [-0.2, 0) is 0 Å². The van der Waals surface area contributed by atoms with E-state index in [0.29, 0.717) is 0 Å². The molecule has 0 aromatic heterocycles. The SMILES string of the molecule is CCCCCCC#CC(O)CCC. The first-order chi connectivity index (χ1) is 6.31. The second-order valence-electron chi connectivity index (χ2n) is 3.44. The van der Waals surface area contributed by atoms with Gasteiger partial charge < -0.3 is 5.11 Å². The molecule has 0 aromatic rings. The van der Waals surface area contributed by atoms with E-state index in [4.69, 9.17) is 0 Å². The molecule has 13 heavy (non-hydrogen) atoms. The van der Waals surface area contributed by atoms with Gasteiger partial charge in [0.25, 0.3) is 0 Å². The van der Waals surface area contributed by atoms with Crippen LogP contribution in [0.4, 0.5) is 0 Å². The summed E-state index contributed by atoms with van der Waals surface area (Å²) in [6.45, 7) is 4.27. The van der Waals surface area contributed by atoms with Crippen molar-refractivity contribution in [3.63, 3.8) is 0 Å². The largest absolute Gasteiger partial charge is 0.380 e. The van der Waals surface area contributed by atoms with E-state index in [1.165, 1.54) is 25.7 Å². The third-order valence-electron chi connectivity index (χ3n) is 1.99. The Hall–Kier alpha value is -0.480. The van der Waals surface area contributed by atoms with Gasteiger partial charge in [-0.15, -0.1) is 5.92 Å². The van der Waals surface area contributed by atoms with Gasteiger partial charge in [0.05, 0.1) is 0 Å². The fourth-order valence-corrected chi connectivity index (χ4v) is 1.18. The van der Waals surface area contributed by atoms with Crippen molar-refractivity contribution in [2.75, 3.05) is 0 Å². The third-order valence-corrected chi connectivity index (χ3v) is 1.99. The zero-order valence-electron chi connectivity index (χ0n) is 8.97. The van der Waals surface area contributed by atoms with Crippen LogP contribution in [0.15, 0.2) is 0 Å². The summed E-state index contributed by atoms with van der Waals surface area (Å²) < 4.78 is 0. The molecule has 0 amide bonds. The summed E-state index contributed by atoms with van der Waals surface area (Å²) in [5, 5.41) is 9.28. The summed E-state index contributed by atoms with van der Waals surface area (Å²) >= 11 is 0. The Balaban J connectivity index is 3.28. The smallest absolute Gasteiger partial charge is 0.114 e. The molecule has 1 N–H and O–H groups in total. The second-order valence-corrected chi connectivity index (χ2v) is 3.44. The molecule has 0 bridgehead atoms. The van der Waals surface area contributed by atoms with Crippen LogP contribution in [0.5, 0.6) is 0 Å². The Morgan fingerprint density at radius 3 is 2.46 bits per heavy atom. The van der Waals surface area contributed by atoms with E-state index in [1.54, 1.807) is 0 Å². The molecule has 1 nitrogen and oxygen atoms in total. The van der Waals surface area contributed by atoms with Gasteiger partial charge in [-0.2, -0.15) is 0 Å². The number of hydrogen-bond donors (Lipinski definition) is 1. The minimum absolute atomic E-state index is 0.392. The summed E-state index contributed by atoms with van der Waals surface area (Å²) in [6, 6.07) is 0. The van der Waals surface area contributed by atoms with Crippen LogP contribution in [0.1, 0.15) is 58.8 Å². The summed E-state index contributed by atoms with van der Waals surface area (Å²) in [5.74, 6) is 5.89. The highest BCUT2D eigenvalue weighted by atomic mass is 16.3. The molecule has 76 valence electrons. The molecule has 0 aromatic carbocycles. The van der Waals surface area contributed by atoms with Crippen LogP contribution in [-0.4, -0.2) is 11.2 Å². The lowest BCUT2D eigenvalue weighted by molar-refractivity contribution is 0.221. The third kappa shape index (κ3) is 9.43. The molecule has 0 spiro atoms. The fraction of sp³-hybridized carbons (Fsp3) is 0.833. The van der Waals surface area contributed by atoms with Crippen LogP contribution in [0.25, 0.3) is 0 Å². The van der Waals surface area contributed by atoms with Gasteiger partial charge in [-0.05, 0) is 12.8 Å². The molecule has 0 saturated heterocycles. The number of hydrogen-bond acceptors (Lipinski definition) is 1. The van der Waals surface area contributed by atoms with Crippen LogP contribution in [0.2, 0.25) is 0 Å². The predicted octanol–water partition coefficient (Wildman–Crippen LogP) is 3.12. The fourth-order valence-electron chi connectivity index (χ4n) is 1.18. The number of rotatable bonds is 6. The minimum atomic E-state index is -0.392. The molecule has 0 fully saturated rings. The number of aliphatic hydroxyl groups excluding tert-OH is 1. The van der Waals surface area contributed by atoms with Gasteiger partial charge in [-0.25, -0.2) is 0 Å². The highest BCUT2D eigenvalue weighted by Crippen LogP contribution is 2.01. The molecule has 0 aliphatic heterocycles. The molecule has 0 aliphatic carbocycles. The Kier molecular flexibility index (Phi) is 9.25. The normalized spacial score (nSPS) is 11.9. The van der Waals surface area contributed by atoms with Gasteiger partial charge in [0.1, 0.15) is 6.10 Å². The second kappa shape index (κ2) is 9.61. The number of unbranched alkanes of at least 4 members (excludes halogenated alkanes) is 4. The first-order valence-corrected chi connectivity index (χ1v) is 5.47. The lowest BCUT2D eigenvalue weighted by atomic mass is 10.1. The zero-order valence-corrected chi connectivity index (χ0v) is 8.97. The van der Waals surface area contributed by atoms with Crippen molar-refractivity contribution in [2.45, 2.75) is 64.9 Å². The summed E-state index contributed by atoms with van der Waals surface area (Å²) in [7, 11) is 0. The van der Waals surface area contributed by atoms with E-state index in [1.807, 2.05) is 0 Å². The van der Waals surface area contributed by atoms with Gasteiger partial charge in [-0.1, -0.05) is 45.5 Å². The lowest BCUT2D eigenvalue weighted by Gasteiger charge is -1.97. The molecule has 0 radical (unpaired) electrons. The minimum Gasteiger partial charge on any atom is -0.380 e. The molecule has 1 unspecified atom stereocenters. The zero-order chi connectivity index (χ0) is 9.94. The quantitative estimate of drug-likeness (QED) is 0.494. The van der Waals surface area contributed by atoms with Gasteiger partial charge in [-0.3, -0.25) is 0 Å². The van der Waals surface area contributed by atoms with Crippen molar-refractivity contribution in [1.82, 2.24) is 0 Å². The summed E-state index contributed by atoms with van der Waals surface area (Å²) in [4.78, 5) is 0. The molecule has 0 aliphatic rings. The Morgan fingerprint density at radius 2 is 1.85 bits per heavy atom. The lowest BCUT2D eigenvalue weighted by Crippen LogP contribution is -2.00. The van der Waals surface area contributed by atoms with Gasteiger partial charge in [0.2, 0.25) is 0 Å². The van der Waals surface area contributed by atoms with Crippen LogP contribution in [0, 0.1) is 11.8 Å². The molecule has 0 saturated carbocycles. The van der Waals surface area contributed by atoms with Crippen LogP contribution >= 0.6 is 0 Å². The first-order valence-electron chi connectivity index (χ1n) is 5.47. The Labute approximate surface area is 82.5 Å². The number of aliphatic hydroxyl groups is 1. The standard InChI is InChI=1S/C12H22O/c1-3-5-6-7-8-9-11-12(13)10-4-2/h12-13H,3-8,10H2,1-2H3. The van der Waals surface area contributed by atoms with Gasteiger partial charge >= 0.3 is 0 Å². The van der Waals surface area contributed by atoms with Crippen LogP contribution < -0.4 is 0 Å². The van der Waals surface area contributed by atoms with Gasteiger partial charge in [0.15, 0.2) is 0 Å². The van der Waals surface area contributed by atoms with Gasteiger partial charge in [0, 0.05) is 6.42 Å². The van der Waals surface area contributed by atoms with Crippen molar-refractivity contribution >= 4 is 0 Å². The molecule has 1 atom stereocenters. The van der Waals surface area contributed by atoms with E-state index < -0.39 is 6.10 Å². The maximum atomic E-state index is 9.28. The van der Waals surface area contributed by atoms with Crippen molar-refractivity contribution < 1.29 is 5.11 Å². The maximum Gasteiger partial charge on any atom is 0.114 e.